The monoisotopic (exact) mass is 470 g/mol. The lowest BCUT2D eigenvalue weighted by atomic mass is 9.99. The number of carbonyl (C=O) groups is 2. The van der Waals surface area contributed by atoms with Crippen LogP contribution in [0.25, 0.3) is 16.8 Å². The van der Waals surface area contributed by atoms with Gasteiger partial charge in [0.1, 0.15) is 11.3 Å². The van der Waals surface area contributed by atoms with Crippen LogP contribution in [0.4, 0.5) is 5.69 Å². The topological polar surface area (TPSA) is 58.6 Å². The Hall–Kier alpha value is -2.93. The quantitative estimate of drug-likeness (QED) is 0.316. The zero-order valence-corrected chi connectivity index (χ0v) is 18.6. The van der Waals surface area contributed by atoms with Crippen LogP contribution in [-0.4, -0.2) is 23.5 Å². The van der Waals surface area contributed by atoms with Gasteiger partial charge in [-0.1, -0.05) is 59.6 Å². The molecule has 3 aromatic carbocycles. The van der Waals surface area contributed by atoms with Crippen LogP contribution >= 0.6 is 35.4 Å². The smallest absolute Gasteiger partial charge is 0.270 e. The normalized spacial score (nSPS) is 15.5. The summed E-state index contributed by atoms with van der Waals surface area (Å²) in [5.74, 6) is -0.636. The number of fused-ring (bicyclic) bond motifs is 1. The summed E-state index contributed by atoms with van der Waals surface area (Å²) in [4.78, 5) is 27.3. The fourth-order valence-corrected chi connectivity index (χ4v) is 4.05. The van der Waals surface area contributed by atoms with E-state index >= 15 is 0 Å². The average molecular weight is 471 g/mol. The number of ether oxygens (including phenoxy) is 1. The Morgan fingerprint density at radius 2 is 1.84 bits per heavy atom. The molecule has 3 aromatic rings. The minimum atomic E-state index is -0.603. The molecule has 0 aliphatic carbocycles. The van der Waals surface area contributed by atoms with E-state index in [0.29, 0.717) is 17.9 Å². The van der Waals surface area contributed by atoms with Crippen LogP contribution in [-0.2, 0) is 9.59 Å². The Labute approximate surface area is 194 Å². The van der Waals surface area contributed by atoms with Crippen molar-refractivity contribution in [2.75, 3.05) is 11.5 Å². The highest BCUT2D eigenvalue weighted by Crippen LogP contribution is 2.35. The predicted octanol–water partition coefficient (Wildman–Crippen LogP) is 5.38. The maximum atomic E-state index is 13.4. The number of hydrogen-bond acceptors (Lipinski definition) is 4. The summed E-state index contributed by atoms with van der Waals surface area (Å²) in [5.41, 5.74) is 0.823. The fourth-order valence-electron chi connectivity index (χ4n) is 3.39. The van der Waals surface area contributed by atoms with E-state index < -0.39 is 11.8 Å². The Kier molecular flexibility index (Phi) is 5.96. The molecule has 1 aliphatic heterocycles. The summed E-state index contributed by atoms with van der Waals surface area (Å²) < 4.78 is 5.76. The number of thiocarbonyl (C=S) groups is 1. The molecule has 0 unspecified atom stereocenters. The molecule has 1 saturated heterocycles. The molecule has 8 heteroatoms. The molecular formula is C23H16Cl2N2O3S. The van der Waals surface area contributed by atoms with Gasteiger partial charge in [0, 0.05) is 5.56 Å². The van der Waals surface area contributed by atoms with Gasteiger partial charge in [0.2, 0.25) is 0 Å². The number of benzene rings is 3. The first kappa shape index (κ1) is 21.3. The van der Waals surface area contributed by atoms with Gasteiger partial charge < -0.3 is 4.74 Å². The van der Waals surface area contributed by atoms with E-state index in [1.165, 1.54) is 11.0 Å². The van der Waals surface area contributed by atoms with Crippen molar-refractivity contribution in [1.29, 1.82) is 0 Å². The SMILES string of the molecule is CCOc1ccc2ccccc2c1/C=C1\C(=O)NC(=S)N(c2cccc(Cl)c2Cl)C1=O. The van der Waals surface area contributed by atoms with Gasteiger partial charge >= 0.3 is 0 Å². The number of halogens is 2. The molecule has 2 amide bonds. The Morgan fingerprint density at radius 3 is 2.61 bits per heavy atom. The van der Waals surface area contributed by atoms with Crippen molar-refractivity contribution in [3.63, 3.8) is 0 Å². The summed E-state index contributed by atoms with van der Waals surface area (Å²) in [6.45, 7) is 2.30. The third-order valence-corrected chi connectivity index (χ3v) is 5.89. The van der Waals surface area contributed by atoms with E-state index in [0.717, 1.165) is 10.8 Å². The Morgan fingerprint density at radius 1 is 1.06 bits per heavy atom. The fraction of sp³-hybridized carbons (Fsp3) is 0.0870. The van der Waals surface area contributed by atoms with Crippen LogP contribution in [0.15, 0.2) is 60.2 Å². The van der Waals surface area contributed by atoms with Crippen molar-refractivity contribution >= 4 is 74.9 Å². The van der Waals surface area contributed by atoms with E-state index in [4.69, 9.17) is 40.2 Å². The first-order valence-electron chi connectivity index (χ1n) is 9.42. The molecule has 0 saturated carbocycles. The van der Waals surface area contributed by atoms with Gasteiger partial charge in [-0.05, 0) is 54.2 Å². The molecule has 1 fully saturated rings. The van der Waals surface area contributed by atoms with E-state index in [9.17, 15) is 9.59 Å². The van der Waals surface area contributed by atoms with Crippen molar-refractivity contribution in [2.24, 2.45) is 0 Å². The van der Waals surface area contributed by atoms with E-state index in [1.807, 2.05) is 43.3 Å². The zero-order valence-electron chi connectivity index (χ0n) is 16.3. The van der Waals surface area contributed by atoms with Gasteiger partial charge in [0.15, 0.2) is 5.11 Å². The highest BCUT2D eigenvalue weighted by atomic mass is 35.5. The molecule has 156 valence electrons. The minimum absolute atomic E-state index is 0.0701. The van der Waals surface area contributed by atoms with Crippen molar-refractivity contribution in [2.45, 2.75) is 6.92 Å². The molecular weight excluding hydrogens is 455 g/mol. The Balaban J connectivity index is 1.89. The van der Waals surface area contributed by atoms with E-state index in [-0.39, 0.29) is 26.4 Å². The van der Waals surface area contributed by atoms with Gasteiger partial charge in [-0.15, -0.1) is 0 Å². The van der Waals surface area contributed by atoms with Crippen LogP contribution < -0.4 is 15.0 Å². The number of rotatable bonds is 4. The summed E-state index contributed by atoms with van der Waals surface area (Å²) in [6, 6.07) is 16.3. The van der Waals surface area contributed by atoms with Crippen LogP contribution in [0.2, 0.25) is 10.0 Å². The first-order chi connectivity index (χ1) is 14.9. The second-order valence-corrected chi connectivity index (χ2v) is 7.83. The third kappa shape index (κ3) is 3.90. The molecule has 0 radical (unpaired) electrons. The third-order valence-electron chi connectivity index (χ3n) is 4.79. The second kappa shape index (κ2) is 8.67. The summed E-state index contributed by atoms with van der Waals surface area (Å²) in [5, 5.41) is 4.72. The molecule has 1 N–H and O–H groups in total. The molecule has 1 heterocycles. The molecule has 0 spiro atoms. The summed E-state index contributed by atoms with van der Waals surface area (Å²) >= 11 is 17.7. The average Bonchev–Trinajstić information content (AvgIpc) is 2.75. The van der Waals surface area contributed by atoms with E-state index in [1.54, 1.807) is 18.2 Å². The number of hydrogen-bond donors (Lipinski definition) is 1. The highest BCUT2D eigenvalue weighted by Gasteiger charge is 2.36. The molecule has 31 heavy (non-hydrogen) atoms. The molecule has 0 atom stereocenters. The zero-order chi connectivity index (χ0) is 22.1. The lowest BCUT2D eigenvalue weighted by Crippen LogP contribution is -2.54. The minimum Gasteiger partial charge on any atom is -0.493 e. The highest BCUT2D eigenvalue weighted by molar-refractivity contribution is 7.80. The summed E-state index contributed by atoms with van der Waals surface area (Å²) in [6.07, 6.45) is 1.53. The standard InChI is InChI=1S/C23H16Cl2N2O3S/c1-2-30-19-11-10-13-6-3-4-7-14(13)15(19)12-16-21(28)26-23(31)27(22(16)29)18-9-5-8-17(24)20(18)25/h3-12H,2H2,1H3,(H,26,28,31)/b16-12+. The van der Waals surface area contributed by atoms with Gasteiger partial charge in [-0.25, -0.2) is 0 Å². The largest absolute Gasteiger partial charge is 0.493 e. The maximum Gasteiger partial charge on any atom is 0.270 e. The van der Waals surface area contributed by atoms with Gasteiger partial charge in [-0.2, -0.15) is 0 Å². The number of amides is 2. The lowest BCUT2D eigenvalue weighted by molar-refractivity contribution is -0.122. The number of nitrogens with zero attached hydrogens (tertiary/aromatic N) is 1. The van der Waals surface area contributed by atoms with Crippen molar-refractivity contribution in [1.82, 2.24) is 5.32 Å². The van der Waals surface area contributed by atoms with Crippen LogP contribution in [0.3, 0.4) is 0 Å². The van der Waals surface area contributed by atoms with Crippen LogP contribution in [0.5, 0.6) is 5.75 Å². The second-order valence-electron chi connectivity index (χ2n) is 6.66. The van der Waals surface area contributed by atoms with Gasteiger partial charge in [-0.3, -0.25) is 19.8 Å². The molecule has 1 aliphatic rings. The van der Waals surface area contributed by atoms with Crippen molar-refractivity contribution in [3.05, 3.63) is 75.8 Å². The van der Waals surface area contributed by atoms with Crippen molar-refractivity contribution < 1.29 is 14.3 Å². The van der Waals surface area contributed by atoms with Gasteiger partial charge in [0.05, 0.1) is 22.3 Å². The molecule has 5 nitrogen and oxygen atoms in total. The molecule has 0 bridgehead atoms. The van der Waals surface area contributed by atoms with Crippen molar-refractivity contribution in [3.8, 4) is 5.75 Å². The predicted molar refractivity (Wildman–Crippen MR) is 128 cm³/mol. The number of anilines is 1. The van der Waals surface area contributed by atoms with Gasteiger partial charge in [0.25, 0.3) is 11.8 Å². The van der Waals surface area contributed by atoms with Crippen LogP contribution in [0.1, 0.15) is 12.5 Å². The number of nitrogens with one attached hydrogen (secondary N) is 1. The number of carbonyl (C=O) groups excluding carboxylic acids is 2. The molecule has 4 rings (SSSR count). The first-order valence-corrected chi connectivity index (χ1v) is 10.6. The van der Waals surface area contributed by atoms with Crippen LogP contribution in [0, 0.1) is 0 Å². The van der Waals surface area contributed by atoms with E-state index in [2.05, 4.69) is 5.32 Å². The molecule has 0 aromatic heterocycles. The Bertz CT molecular complexity index is 1270. The maximum absolute atomic E-state index is 13.4. The summed E-state index contributed by atoms with van der Waals surface area (Å²) in [7, 11) is 0. The lowest BCUT2D eigenvalue weighted by Gasteiger charge is -2.29.